The molecule has 2 rings (SSSR count). The van der Waals surface area contributed by atoms with Crippen LogP contribution in [-0.4, -0.2) is 7.05 Å². The normalized spacial score (nSPS) is 12.7. The SMILES string of the molecule is CNC(c1cc(C)c(Cl)s1)c1cc(Cl)ccc1F. The minimum Gasteiger partial charge on any atom is -0.309 e. The van der Waals surface area contributed by atoms with Gasteiger partial charge in [0.15, 0.2) is 0 Å². The molecule has 1 unspecified atom stereocenters. The zero-order valence-corrected chi connectivity index (χ0v) is 12.3. The first-order valence-corrected chi connectivity index (χ1v) is 6.98. The number of halogens is 3. The smallest absolute Gasteiger partial charge is 0.128 e. The van der Waals surface area contributed by atoms with E-state index in [1.54, 1.807) is 19.2 Å². The third kappa shape index (κ3) is 2.69. The minimum absolute atomic E-state index is 0.236. The Morgan fingerprint density at radius 1 is 1.28 bits per heavy atom. The molecule has 0 radical (unpaired) electrons. The van der Waals surface area contributed by atoms with E-state index in [-0.39, 0.29) is 11.9 Å². The summed E-state index contributed by atoms with van der Waals surface area (Å²) in [7, 11) is 1.79. The van der Waals surface area contributed by atoms with Crippen LogP contribution >= 0.6 is 34.5 Å². The fourth-order valence-electron chi connectivity index (χ4n) is 1.81. The molecule has 0 amide bonds. The van der Waals surface area contributed by atoms with Crippen LogP contribution in [0.5, 0.6) is 0 Å². The lowest BCUT2D eigenvalue weighted by Gasteiger charge is -2.16. The Kier molecular flexibility index (Phi) is 4.28. The summed E-state index contributed by atoms with van der Waals surface area (Å²) >= 11 is 13.4. The number of hydrogen-bond acceptors (Lipinski definition) is 2. The van der Waals surface area contributed by atoms with Crippen LogP contribution in [0.25, 0.3) is 0 Å². The molecule has 18 heavy (non-hydrogen) atoms. The first kappa shape index (κ1) is 13.8. The highest BCUT2D eigenvalue weighted by Gasteiger charge is 2.19. The van der Waals surface area contributed by atoms with Crippen LogP contribution < -0.4 is 5.32 Å². The number of rotatable bonds is 3. The standard InChI is InChI=1S/C13H12Cl2FNS/c1-7-5-11(18-13(7)15)12(17-2)9-6-8(14)3-4-10(9)16/h3-6,12,17H,1-2H3. The van der Waals surface area contributed by atoms with Gasteiger partial charge in [0.25, 0.3) is 0 Å². The first-order valence-electron chi connectivity index (χ1n) is 5.41. The predicted octanol–water partition coefficient (Wildman–Crippen LogP) is 4.81. The van der Waals surface area contributed by atoms with Crippen LogP contribution in [0.15, 0.2) is 24.3 Å². The van der Waals surface area contributed by atoms with Gasteiger partial charge in [-0.2, -0.15) is 0 Å². The second kappa shape index (κ2) is 5.57. The summed E-state index contributed by atoms with van der Waals surface area (Å²) in [6.45, 7) is 1.93. The predicted molar refractivity (Wildman–Crippen MR) is 76.4 cm³/mol. The summed E-state index contributed by atoms with van der Waals surface area (Å²) < 4.78 is 14.6. The molecule has 0 bridgehead atoms. The second-order valence-electron chi connectivity index (χ2n) is 3.99. The van der Waals surface area contributed by atoms with Crippen molar-refractivity contribution in [2.24, 2.45) is 0 Å². The van der Waals surface area contributed by atoms with Crippen molar-refractivity contribution in [1.82, 2.24) is 5.32 Å². The topological polar surface area (TPSA) is 12.0 Å². The van der Waals surface area contributed by atoms with Gasteiger partial charge in [-0.3, -0.25) is 0 Å². The number of thiophene rings is 1. The van der Waals surface area contributed by atoms with Crippen LogP contribution in [0.4, 0.5) is 4.39 Å². The number of hydrogen-bond donors (Lipinski definition) is 1. The van der Waals surface area contributed by atoms with E-state index in [1.807, 2.05) is 13.0 Å². The Labute approximate surface area is 120 Å². The molecule has 5 heteroatoms. The average Bonchev–Trinajstić information content (AvgIpc) is 2.65. The zero-order chi connectivity index (χ0) is 13.3. The van der Waals surface area contributed by atoms with Crippen LogP contribution in [-0.2, 0) is 0 Å². The Morgan fingerprint density at radius 3 is 2.56 bits per heavy atom. The lowest BCUT2D eigenvalue weighted by atomic mass is 10.0. The summed E-state index contributed by atoms with van der Waals surface area (Å²) in [5.74, 6) is -0.277. The average molecular weight is 304 g/mol. The summed E-state index contributed by atoms with van der Waals surface area (Å²) in [6, 6.07) is 6.29. The number of aryl methyl sites for hydroxylation is 1. The Morgan fingerprint density at radius 2 is 2.00 bits per heavy atom. The van der Waals surface area contributed by atoms with E-state index < -0.39 is 0 Å². The van der Waals surface area contributed by atoms with Gasteiger partial charge in [0.05, 0.1) is 10.4 Å². The van der Waals surface area contributed by atoms with Crippen LogP contribution in [0.1, 0.15) is 22.0 Å². The Hall–Kier alpha value is -0.610. The summed E-state index contributed by atoms with van der Waals surface area (Å²) in [6.07, 6.45) is 0. The molecule has 0 aliphatic rings. The molecule has 1 nitrogen and oxygen atoms in total. The van der Waals surface area contributed by atoms with Crippen molar-refractivity contribution in [3.05, 3.63) is 55.4 Å². The summed E-state index contributed by atoms with van der Waals surface area (Å²) in [5.41, 5.74) is 1.53. The van der Waals surface area contributed by atoms with Crippen molar-refractivity contribution in [1.29, 1.82) is 0 Å². The largest absolute Gasteiger partial charge is 0.309 e. The maximum absolute atomic E-state index is 13.9. The molecule has 96 valence electrons. The molecule has 0 aliphatic heterocycles. The van der Waals surface area contributed by atoms with E-state index >= 15 is 0 Å². The van der Waals surface area contributed by atoms with Crippen molar-refractivity contribution in [3.8, 4) is 0 Å². The van der Waals surface area contributed by atoms with Gasteiger partial charge in [-0.05, 0) is 43.8 Å². The van der Waals surface area contributed by atoms with E-state index in [1.165, 1.54) is 17.4 Å². The molecule has 0 fully saturated rings. The molecular formula is C13H12Cl2FNS. The summed E-state index contributed by atoms with van der Waals surface area (Å²) in [4.78, 5) is 0.973. The first-order chi connectivity index (χ1) is 8.52. The molecule has 1 heterocycles. The maximum Gasteiger partial charge on any atom is 0.128 e. The lowest BCUT2D eigenvalue weighted by molar-refractivity contribution is 0.579. The molecule has 2 aromatic rings. The van der Waals surface area contributed by atoms with E-state index in [9.17, 15) is 4.39 Å². The lowest BCUT2D eigenvalue weighted by Crippen LogP contribution is -2.17. The monoisotopic (exact) mass is 303 g/mol. The summed E-state index contributed by atoms with van der Waals surface area (Å²) in [5, 5.41) is 3.62. The third-order valence-corrected chi connectivity index (χ3v) is 4.57. The van der Waals surface area contributed by atoms with Crippen molar-refractivity contribution < 1.29 is 4.39 Å². The van der Waals surface area contributed by atoms with Crippen LogP contribution in [0.3, 0.4) is 0 Å². The molecule has 1 aromatic heterocycles. The third-order valence-electron chi connectivity index (χ3n) is 2.72. The van der Waals surface area contributed by atoms with E-state index in [2.05, 4.69) is 5.32 Å². The van der Waals surface area contributed by atoms with Crippen molar-refractivity contribution >= 4 is 34.5 Å². The van der Waals surface area contributed by atoms with Crippen molar-refractivity contribution in [2.45, 2.75) is 13.0 Å². The van der Waals surface area contributed by atoms with Gasteiger partial charge in [-0.1, -0.05) is 23.2 Å². The Balaban J connectivity index is 2.48. The molecule has 0 saturated heterocycles. The van der Waals surface area contributed by atoms with Gasteiger partial charge in [0, 0.05) is 15.5 Å². The highest BCUT2D eigenvalue weighted by Crippen LogP contribution is 2.35. The highest BCUT2D eigenvalue weighted by molar-refractivity contribution is 7.16. The molecule has 1 atom stereocenters. The van der Waals surface area contributed by atoms with Gasteiger partial charge < -0.3 is 5.32 Å². The van der Waals surface area contributed by atoms with E-state index in [0.29, 0.717) is 10.6 Å². The Bertz CT molecular complexity index is 549. The molecule has 1 N–H and O–H groups in total. The van der Waals surface area contributed by atoms with Gasteiger partial charge in [-0.25, -0.2) is 4.39 Å². The number of benzene rings is 1. The fraction of sp³-hybridized carbons (Fsp3) is 0.231. The van der Waals surface area contributed by atoms with Crippen molar-refractivity contribution in [2.75, 3.05) is 7.05 Å². The van der Waals surface area contributed by atoms with Gasteiger partial charge >= 0.3 is 0 Å². The number of nitrogens with one attached hydrogen (secondary N) is 1. The van der Waals surface area contributed by atoms with E-state index in [0.717, 1.165) is 14.8 Å². The highest BCUT2D eigenvalue weighted by atomic mass is 35.5. The molecule has 0 aliphatic carbocycles. The van der Waals surface area contributed by atoms with Gasteiger partial charge in [0.1, 0.15) is 5.82 Å². The van der Waals surface area contributed by atoms with Gasteiger partial charge in [0.2, 0.25) is 0 Å². The molecule has 0 spiro atoms. The quantitative estimate of drug-likeness (QED) is 0.858. The van der Waals surface area contributed by atoms with Crippen LogP contribution in [0, 0.1) is 12.7 Å². The maximum atomic E-state index is 13.9. The van der Waals surface area contributed by atoms with Crippen molar-refractivity contribution in [3.63, 3.8) is 0 Å². The molecule has 0 saturated carbocycles. The minimum atomic E-state index is -0.277. The van der Waals surface area contributed by atoms with Crippen LogP contribution in [0.2, 0.25) is 9.36 Å². The molecular weight excluding hydrogens is 292 g/mol. The molecule has 1 aromatic carbocycles. The zero-order valence-electron chi connectivity index (χ0n) is 9.93. The second-order valence-corrected chi connectivity index (χ2v) is 6.12. The van der Waals surface area contributed by atoms with Gasteiger partial charge in [-0.15, -0.1) is 11.3 Å². The fourth-order valence-corrected chi connectivity index (χ4v) is 3.34. The van der Waals surface area contributed by atoms with E-state index in [4.69, 9.17) is 23.2 Å².